The number of halogens is 4. The Balaban J connectivity index is 1.09. The quantitative estimate of drug-likeness (QED) is 0.155. The molecular weight excluding hydrogens is 679 g/mol. The van der Waals surface area contributed by atoms with Crippen molar-refractivity contribution in [2.45, 2.75) is 62.6 Å². The number of carbonyl (C=O) groups is 2. The highest BCUT2D eigenvalue weighted by Crippen LogP contribution is 2.51. The maximum absolute atomic E-state index is 12.9. The van der Waals surface area contributed by atoms with E-state index in [9.17, 15) is 36.3 Å². The Labute approximate surface area is 279 Å². The van der Waals surface area contributed by atoms with E-state index in [0.29, 0.717) is 18.9 Å². The first-order valence-electron chi connectivity index (χ1n) is 15.2. The van der Waals surface area contributed by atoms with Crippen LogP contribution in [-0.4, -0.2) is 81.6 Å². The Morgan fingerprint density at radius 1 is 1.17 bits per heavy atom. The number of amides is 2. The third-order valence-electron chi connectivity index (χ3n) is 8.52. The van der Waals surface area contributed by atoms with Gasteiger partial charge in [0.05, 0.1) is 18.1 Å². The van der Waals surface area contributed by atoms with Gasteiger partial charge in [-0.1, -0.05) is 11.6 Å². The molecule has 0 aromatic carbocycles. The van der Waals surface area contributed by atoms with Crippen LogP contribution in [-0.2, 0) is 10.0 Å². The maximum Gasteiger partial charge on any atom is 0.407 e. The van der Waals surface area contributed by atoms with Crippen molar-refractivity contribution >= 4 is 39.4 Å². The molecule has 13 nitrogen and oxygen atoms in total. The molecule has 48 heavy (non-hydrogen) atoms. The van der Waals surface area contributed by atoms with Gasteiger partial charge in [0.2, 0.25) is 5.88 Å². The molecular formula is C30H35ClF3N7O6S. The van der Waals surface area contributed by atoms with E-state index in [-0.39, 0.29) is 52.7 Å². The van der Waals surface area contributed by atoms with Crippen molar-refractivity contribution in [3.63, 3.8) is 0 Å². The second-order valence-corrected chi connectivity index (χ2v) is 14.6. The highest BCUT2D eigenvalue weighted by molar-refractivity contribution is 7.90. The van der Waals surface area contributed by atoms with Crippen LogP contribution < -0.4 is 14.8 Å². The zero-order valence-corrected chi connectivity index (χ0v) is 27.6. The Morgan fingerprint density at radius 3 is 2.56 bits per heavy atom. The molecule has 1 aliphatic heterocycles. The van der Waals surface area contributed by atoms with Gasteiger partial charge in [-0.05, 0) is 82.1 Å². The zero-order chi connectivity index (χ0) is 34.9. The average Bonchev–Trinajstić information content (AvgIpc) is 3.53. The normalized spacial score (nSPS) is 20.4. The van der Waals surface area contributed by atoms with E-state index in [1.165, 1.54) is 46.1 Å². The van der Waals surface area contributed by atoms with E-state index in [1.54, 1.807) is 0 Å². The van der Waals surface area contributed by atoms with Crippen LogP contribution in [0.4, 0.5) is 23.8 Å². The predicted molar refractivity (Wildman–Crippen MR) is 168 cm³/mol. The van der Waals surface area contributed by atoms with E-state index in [2.05, 4.69) is 20.4 Å². The van der Waals surface area contributed by atoms with Crippen molar-refractivity contribution in [1.29, 1.82) is 0 Å². The number of carbonyl (C=O) groups excluding carboxylic acids is 1. The lowest BCUT2D eigenvalue weighted by molar-refractivity contribution is -0.151. The minimum absolute atomic E-state index is 0.0700. The van der Waals surface area contributed by atoms with Gasteiger partial charge < -0.3 is 20.1 Å². The van der Waals surface area contributed by atoms with E-state index >= 15 is 0 Å². The number of hydrogen-bond acceptors (Lipinski definition) is 9. The van der Waals surface area contributed by atoms with Crippen LogP contribution in [0.3, 0.4) is 0 Å². The lowest BCUT2D eigenvalue weighted by Crippen LogP contribution is -2.41. The summed E-state index contributed by atoms with van der Waals surface area (Å²) >= 11 is 6.21. The van der Waals surface area contributed by atoms with Crippen LogP contribution in [0.15, 0.2) is 47.6 Å². The van der Waals surface area contributed by atoms with Crippen LogP contribution in [0.2, 0.25) is 5.15 Å². The minimum atomic E-state index is -4.31. The summed E-state index contributed by atoms with van der Waals surface area (Å²) in [6.45, 7) is 4.95. The first-order chi connectivity index (χ1) is 22.5. The molecule has 1 saturated heterocycles. The monoisotopic (exact) mass is 713 g/mol. The van der Waals surface area contributed by atoms with E-state index in [0.717, 1.165) is 25.5 Å². The third-order valence-corrected chi connectivity index (χ3v) is 10.1. The second kappa shape index (κ2) is 13.8. The fraction of sp³-hybridized carbons (Fsp3) is 0.500. The SMILES string of the molecule is CC1(C)CC(CCCNc2ccc(S(=O)(=O)NC(=O)c3ccc(-n4ccc(OCCC5CC5C(F)(F)F)n4)nc3Cl)cn2)CN1C(=O)O. The van der Waals surface area contributed by atoms with Crippen molar-refractivity contribution in [2.75, 3.05) is 25.0 Å². The number of pyridine rings is 2. The molecule has 2 amide bonds. The zero-order valence-electron chi connectivity index (χ0n) is 26.1. The third kappa shape index (κ3) is 8.47. The van der Waals surface area contributed by atoms with Crippen molar-refractivity contribution in [2.24, 2.45) is 17.8 Å². The Hall–Kier alpha value is -4.12. The largest absolute Gasteiger partial charge is 0.477 e. The molecule has 2 aliphatic rings. The van der Waals surface area contributed by atoms with Gasteiger partial charge in [0.15, 0.2) is 5.82 Å². The van der Waals surface area contributed by atoms with Gasteiger partial charge >= 0.3 is 12.3 Å². The van der Waals surface area contributed by atoms with E-state index in [1.807, 2.05) is 18.6 Å². The number of alkyl halides is 3. The molecule has 0 spiro atoms. The highest BCUT2D eigenvalue weighted by atomic mass is 35.5. The van der Waals surface area contributed by atoms with Gasteiger partial charge in [-0.2, -0.15) is 13.2 Å². The Kier molecular flexibility index (Phi) is 10.1. The average molecular weight is 714 g/mol. The number of carboxylic acid groups (broad SMARTS) is 1. The van der Waals surface area contributed by atoms with Crippen molar-refractivity contribution in [3.05, 3.63) is 53.4 Å². The Morgan fingerprint density at radius 2 is 1.94 bits per heavy atom. The fourth-order valence-electron chi connectivity index (χ4n) is 5.92. The van der Waals surface area contributed by atoms with Crippen LogP contribution in [0.1, 0.15) is 56.3 Å². The van der Waals surface area contributed by atoms with Gasteiger partial charge in [0, 0.05) is 37.1 Å². The number of ether oxygens (including phenoxy) is 1. The number of aromatic nitrogens is 4. The first kappa shape index (κ1) is 35.2. The predicted octanol–water partition coefficient (Wildman–Crippen LogP) is 5.37. The van der Waals surface area contributed by atoms with Gasteiger partial charge in [-0.15, -0.1) is 5.10 Å². The van der Waals surface area contributed by atoms with Crippen LogP contribution in [0.25, 0.3) is 5.82 Å². The number of rotatable bonds is 13. The molecule has 3 aromatic rings. The second-order valence-electron chi connectivity index (χ2n) is 12.5. The molecule has 1 saturated carbocycles. The number of nitrogens with zero attached hydrogens (tertiary/aromatic N) is 5. The lowest BCUT2D eigenvalue weighted by atomic mass is 9.93. The number of sulfonamides is 1. The van der Waals surface area contributed by atoms with E-state index < -0.39 is 45.6 Å². The topological polar surface area (TPSA) is 169 Å². The van der Waals surface area contributed by atoms with Gasteiger partial charge in [-0.3, -0.25) is 4.79 Å². The molecule has 0 radical (unpaired) electrons. The molecule has 2 fully saturated rings. The summed E-state index contributed by atoms with van der Waals surface area (Å²) in [4.78, 5) is 33.7. The Bertz CT molecular complexity index is 1750. The number of hydrogen-bond donors (Lipinski definition) is 3. The molecule has 1 aliphatic carbocycles. The van der Waals surface area contributed by atoms with Gasteiger partial charge in [0.25, 0.3) is 15.9 Å². The summed E-state index contributed by atoms with van der Waals surface area (Å²) in [5, 5.41) is 16.4. The highest BCUT2D eigenvalue weighted by Gasteiger charge is 2.55. The summed E-state index contributed by atoms with van der Waals surface area (Å²) in [5.74, 6) is -1.69. The van der Waals surface area contributed by atoms with Crippen LogP contribution in [0, 0.1) is 17.8 Å². The molecule has 4 heterocycles. The maximum atomic E-state index is 12.9. The smallest absolute Gasteiger partial charge is 0.407 e. The molecule has 18 heteroatoms. The summed E-state index contributed by atoms with van der Waals surface area (Å²) in [6.07, 6.45) is 0.231. The minimum Gasteiger partial charge on any atom is -0.477 e. The number of nitrogens with one attached hydrogen (secondary N) is 2. The summed E-state index contributed by atoms with van der Waals surface area (Å²) in [6, 6.07) is 6.94. The molecule has 3 unspecified atom stereocenters. The van der Waals surface area contributed by atoms with Gasteiger partial charge in [0.1, 0.15) is 15.9 Å². The van der Waals surface area contributed by atoms with Gasteiger partial charge in [-0.25, -0.2) is 32.6 Å². The lowest BCUT2D eigenvalue weighted by Gasteiger charge is -2.28. The molecule has 3 aromatic heterocycles. The fourth-order valence-corrected chi connectivity index (χ4v) is 7.07. The van der Waals surface area contributed by atoms with Crippen molar-refractivity contribution < 1.29 is 41.0 Å². The molecule has 3 atom stereocenters. The van der Waals surface area contributed by atoms with Crippen LogP contribution in [0.5, 0.6) is 5.88 Å². The summed E-state index contributed by atoms with van der Waals surface area (Å²) < 4.78 is 72.5. The van der Waals surface area contributed by atoms with Crippen molar-refractivity contribution in [1.82, 2.24) is 29.4 Å². The standard InChI is InChI=1S/C30H35ClF3N7O6S/c1-29(2)15-18(17-40(29)28(43)44)4-3-11-35-23-7-5-20(16-36-23)48(45,46)39-27(42)21-6-8-24(37-26(21)31)41-12-9-25(38-41)47-13-10-19-14-22(19)30(32,33)34/h5-9,12,16,18-19,22H,3-4,10-11,13-15,17H2,1-2H3,(H,35,36)(H,39,42)(H,43,44). The molecule has 0 bridgehead atoms. The molecule has 3 N–H and O–H groups in total. The summed E-state index contributed by atoms with van der Waals surface area (Å²) in [7, 11) is -4.31. The summed E-state index contributed by atoms with van der Waals surface area (Å²) in [5.41, 5.74) is -0.607. The van der Waals surface area contributed by atoms with Crippen LogP contribution >= 0.6 is 11.6 Å². The molecule has 5 rings (SSSR count). The van der Waals surface area contributed by atoms with Crippen molar-refractivity contribution in [3.8, 4) is 11.7 Å². The first-order valence-corrected chi connectivity index (χ1v) is 17.1. The number of likely N-dealkylation sites (tertiary alicyclic amines) is 1. The van der Waals surface area contributed by atoms with E-state index in [4.69, 9.17) is 16.3 Å². The number of anilines is 1. The molecule has 260 valence electrons.